The lowest BCUT2D eigenvalue weighted by molar-refractivity contribution is -0.120. The van der Waals surface area contributed by atoms with Gasteiger partial charge in [-0.25, -0.2) is 9.18 Å². The third kappa shape index (κ3) is 3.48. The second-order valence-corrected chi connectivity index (χ2v) is 5.25. The van der Waals surface area contributed by atoms with Crippen molar-refractivity contribution in [2.45, 2.75) is 13.0 Å². The van der Waals surface area contributed by atoms with Gasteiger partial charge in [0.25, 0.3) is 0 Å². The number of hydrogen-bond donors (Lipinski definition) is 2. The number of hydrogen-bond acceptors (Lipinski definition) is 2. The zero-order valence-corrected chi connectivity index (χ0v) is 12.4. The Hall–Kier alpha value is -2.89. The number of benzene rings is 2. The summed E-state index contributed by atoms with van der Waals surface area (Å²) >= 11 is 0. The highest BCUT2D eigenvalue weighted by Crippen LogP contribution is 2.08. The Morgan fingerprint density at radius 1 is 1.13 bits per heavy atom. The average molecular weight is 313 g/mol. The Labute approximate surface area is 131 Å². The molecule has 0 unspecified atom stereocenters. The van der Waals surface area contributed by atoms with Gasteiger partial charge in [0.1, 0.15) is 5.82 Å². The normalized spacial score (nSPS) is 10.8. The van der Waals surface area contributed by atoms with Gasteiger partial charge in [0, 0.05) is 13.1 Å². The van der Waals surface area contributed by atoms with Crippen LogP contribution in [0.4, 0.5) is 4.39 Å². The number of rotatable bonds is 5. The molecule has 0 atom stereocenters. The zero-order valence-electron chi connectivity index (χ0n) is 12.4. The van der Waals surface area contributed by atoms with Gasteiger partial charge in [0.2, 0.25) is 5.91 Å². The first-order valence-electron chi connectivity index (χ1n) is 7.32. The summed E-state index contributed by atoms with van der Waals surface area (Å²) in [6.07, 6.45) is 0.184. The highest BCUT2D eigenvalue weighted by atomic mass is 19.1. The van der Waals surface area contributed by atoms with E-state index in [9.17, 15) is 14.0 Å². The molecule has 0 saturated carbocycles. The molecule has 1 heterocycles. The quantitative estimate of drug-likeness (QED) is 0.754. The fraction of sp³-hybridized carbons (Fsp3) is 0.176. The monoisotopic (exact) mass is 313 g/mol. The molecule has 1 aromatic heterocycles. The maximum atomic E-state index is 12.8. The number of fused-ring (bicyclic) bond motifs is 1. The van der Waals surface area contributed by atoms with Crippen LogP contribution in [0, 0.1) is 5.82 Å². The third-order valence-electron chi connectivity index (χ3n) is 3.62. The Morgan fingerprint density at radius 3 is 2.65 bits per heavy atom. The minimum atomic E-state index is -0.326. The molecule has 0 aliphatic rings. The minimum absolute atomic E-state index is 0.163. The third-order valence-corrected chi connectivity index (χ3v) is 3.62. The number of carbonyl (C=O) groups is 1. The molecule has 118 valence electrons. The Kier molecular flexibility index (Phi) is 4.23. The van der Waals surface area contributed by atoms with Crippen LogP contribution in [0.15, 0.2) is 53.3 Å². The molecular formula is C17H16FN3O2. The number of nitrogens with one attached hydrogen (secondary N) is 2. The summed E-state index contributed by atoms with van der Waals surface area (Å²) in [5.41, 5.74) is 2.13. The van der Waals surface area contributed by atoms with Crippen molar-refractivity contribution < 1.29 is 9.18 Å². The van der Waals surface area contributed by atoms with E-state index < -0.39 is 0 Å². The maximum Gasteiger partial charge on any atom is 0.326 e. The van der Waals surface area contributed by atoms with Gasteiger partial charge in [-0.15, -0.1) is 0 Å². The lowest BCUT2D eigenvalue weighted by atomic mass is 10.1. The molecule has 3 aromatic rings. The van der Waals surface area contributed by atoms with Crippen LogP contribution in [0.5, 0.6) is 0 Å². The van der Waals surface area contributed by atoms with Crippen molar-refractivity contribution >= 4 is 16.9 Å². The molecule has 23 heavy (non-hydrogen) atoms. The molecule has 6 heteroatoms. The van der Waals surface area contributed by atoms with E-state index in [1.165, 1.54) is 12.1 Å². The van der Waals surface area contributed by atoms with E-state index in [0.717, 1.165) is 16.6 Å². The van der Waals surface area contributed by atoms with Crippen molar-refractivity contribution in [2.24, 2.45) is 0 Å². The molecule has 0 spiro atoms. The van der Waals surface area contributed by atoms with Crippen LogP contribution < -0.4 is 11.0 Å². The molecule has 0 saturated heterocycles. The van der Waals surface area contributed by atoms with E-state index in [2.05, 4.69) is 10.3 Å². The van der Waals surface area contributed by atoms with Crippen LogP contribution >= 0.6 is 0 Å². The Morgan fingerprint density at radius 2 is 1.87 bits per heavy atom. The Bertz CT molecular complexity index is 881. The first kappa shape index (κ1) is 15.0. The van der Waals surface area contributed by atoms with Gasteiger partial charge in [-0.05, 0) is 29.8 Å². The summed E-state index contributed by atoms with van der Waals surface area (Å²) in [5, 5.41) is 2.77. The lowest BCUT2D eigenvalue weighted by Gasteiger charge is -2.06. The van der Waals surface area contributed by atoms with Crippen LogP contribution in [0.1, 0.15) is 5.56 Å². The van der Waals surface area contributed by atoms with E-state index >= 15 is 0 Å². The van der Waals surface area contributed by atoms with Gasteiger partial charge >= 0.3 is 5.69 Å². The summed E-state index contributed by atoms with van der Waals surface area (Å²) in [6, 6.07) is 13.2. The number of carbonyl (C=O) groups excluding carboxylic acids is 1. The molecule has 0 aliphatic heterocycles. The number of para-hydroxylation sites is 2. The van der Waals surface area contributed by atoms with Crippen molar-refractivity contribution in [3.05, 3.63) is 70.4 Å². The zero-order chi connectivity index (χ0) is 16.2. The van der Waals surface area contributed by atoms with Gasteiger partial charge in [0.05, 0.1) is 17.5 Å². The van der Waals surface area contributed by atoms with E-state index in [0.29, 0.717) is 13.1 Å². The van der Waals surface area contributed by atoms with Gasteiger partial charge in [-0.1, -0.05) is 24.3 Å². The van der Waals surface area contributed by atoms with Gasteiger partial charge in [0.15, 0.2) is 0 Å². The topological polar surface area (TPSA) is 66.9 Å². The molecule has 2 aromatic carbocycles. The van der Waals surface area contributed by atoms with Crippen molar-refractivity contribution in [2.75, 3.05) is 6.54 Å². The SMILES string of the molecule is O=C(Cc1ccc(F)cc1)NCCn1c(=O)[nH]c2ccccc21. The van der Waals surface area contributed by atoms with Crippen LogP contribution in [0.25, 0.3) is 11.0 Å². The summed E-state index contributed by atoms with van der Waals surface area (Å²) in [6.45, 7) is 0.736. The highest BCUT2D eigenvalue weighted by Gasteiger charge is 2.07. The van der Waals surface area contributed by atoms with Gasteiger partial charge in [-0.3, -0.25) is 9.36 Å². The molecule has 0 radical (unpaired) electrons. The van der Waals surface area contributed by atoms with Gasteiger partial charge in [-0.2, -0.15) is 0 Å². The molecule has 0 bridgehead atoms. The molecule has 0 fully saturated rings. The number of amides is 1. The summed E-state index contributed by atoms with van der Waals surface area (Å²) < 4.78 is 14.4. The number of aromatic amines is 1. The standard InChI is InChI=1S/C17H16FN3O2/c18-13-7-5-12(6-8-13)11-16(22)19-9-10-21-15-4-2-1-3-14(15)20-17(21)23/h1-8H,9-11H2,(H,19,22)(H,20,23). The maximum absolute atomic E-state index is 12.8. The predicted molar refractivity (Wildman–Crippen MR) is 85.7 cm³/mol. The van der Waals surface area contributed by atoms with Crippen molar-refractivity contribution in [1.29, 1.82) is 0 Å². The molecule has 0 aliphatic carbocycles. The van der Waals surface area contributed by atoms with Crippen molar-refractivity contribution in [1.82, 2.24) is 14.9 Å². The molecular weight excluding hydrogens is 297 g/mol. The molecule has 3 rings (SSSR count). The fourth-order valence-electron chi connectivity index (χ4n) is 2.49. The van der Waals surface area contributed by atoms with Crippen molar-refractivity contribution in [3.63, 3.8) is 0 Å². The van der Waals surface area contributed by atoms with E-state index in [4.69, 9.17) is 0 Å². The Balaban J connectivity index is 1.58. The smallest absolute Gasteiger partial charge is 0.326 e. The van der Waals surface area contributed by atoms with E-state index in [1.54, 1.807) is 16.7 Å². The van der Waals surface area contributed by atoms with Crippen molar-refractivity contribution in [3.8, 4) is 0 Å². The summed E-state index contributed by atoms with van der Waals surface area (Å²) in [7, 11) is 0. The number of halogens is 1. The predicted octanol–water partition coefficient (Wildman–Crippen LogP) is 1.83. The summed E-state index contributed by atoms with van der Waals surface area (Å²) in [4.78, 5) is 26.5. The van der Waals surface area contributed by atoms with Crippen LogP contribution in [-0.4, -0.2) is 22.0 Å². The highest BCUT2D eigenvalue weighted by molar-refractivity contribution is 5.78. The van der Waals surface area contributed by atoms with Crippen LogP contribution in [0.2, 0.25) is 0 Å². The molecule has 5 nitrogen and oxygen atoms in total. The number of aromatic nitrogens is 2. The lowest BCUT2D eigenvalue weighted by Crippen LogP contribution is -2.31. The molecule has 1 amide bonds. The first-order valence-corrected chi connectivity index (χ1v) is 7.32. The largest absolute Gasteiger partial charge is 0.354 e. The number of H-pyrrole nitrogens is 1. The minimum Gasteiger partial charge on any atom is -0.354 e. The van der Waals surface area contributed by atoms with Crippen LogP contribution in [0.3, 0.4) is 0 Å². The fourth-order valence-corrected chi connectivity index (χ4v) is 2.49. The summed E-state index contributed by atoms with van der Waals surface area (Å²) in [5.74, 6) is -0.489. The van der Waals surface area contributed by atoms with E-state index in [1.807, 2.05) is 24.3 Å². The first-order chi connectivity index (χ1) is 11.1. The van der Waals surface area contributed by atoms with E-state index in [-0.39, 0.29) is 23.8 Å². The van der Waals surface area contributed by atoms with Crippen LogP contribution in [-0.2, 0) is 17.8 Å². The number of nitrogens with zero attached hydrogens (tertiary/aromatic N) is 1. The number of imidazole rings is 1. The molecule has 2 N–H and O–H groups in total. The second-order valence-electron chi connectivity index (χ2n) is 5.25. The average Bonchev–Trinajstić information content (AvgIpc) is 2.86. The second kappa shape index (κ2) is 6.48. The van der Waals surface area contributed by atoms with Gasteiger partial charge < -0.3 is 10.3 Å².